The first-order valence-corrected chi connectivity index (χ1v) is 8.29. The first-order valence-electron chi connectivity index (χ1n) is 7.04. The number of hydrogen-bond donors (Lipinski definition) is 1. The van der Waals surface area contributed by atoms with Crippen LogP contribution in [0.1, 0.15) is 20.8 Å². The van der Waals surface area contributed by atoms with E-state index in [0.29, 0.717) is 5.69 Å². The number of amides is 1. The smallest absolute Gasteiger partial charge is 0.258 e. The molecule has 0 aliphatic heterocycles. The van der Waals surface area contributed by atoms with Gasteiger partial charge in [-0.3, -0.25) is 4.79 Å². The number of thiophene rings is 1. The number of rotatable bonds is 2. The second-order valence-electron chi connectivity index (χ2n) is 4.89. The van der Waals surface area contributed by atoms with Crippen LogP contribution in [-0.4, -0.2) is 5.91 Å². The highest BCUT2D eigenvalue weighted by molar-refractivity contribution is 7.10. The molecular formula is C19H11ClFNOS. The van der Waals surface area contributed by atoms with Crippen LogP contribution in [0.5, 0.6) is 0 Å². The summed E-state index contributed by atoms with van der Waals surface area (Å²) in [5.41, 5.74) is 1.25. The molecule has 0 aliphatic rings. The summed E-state index contributed by atoms with van der Waals surface area (Å²) in [6, 6.07) is 14.9. The standard InChI is InChI=1S/C19H11ClFNOS/c20-14-7-9-17(18(21)12-14)19(23)22-15-4-1-3-13(11-15)6-8-16-5-2-10-24-16/h1-5,7,9-12H,(H,22,23). The van der Waals surface area contributed by atoms with Crippen molar-refractivity contribution in [3.63, 3.8) is 0 Å². The summed E-state index contributed by atoms with van der Waals surface area (Å²) in [4.78, 5) is 13.1. The lowest BCUT2D eigenvalue weighted by atomic mass is 10.1. The van der Waals surface area contributed by atoms with Crippen molar-refractivity contribution in [2.75, 3.05) is 5.32 Å². The molecule has 0 radical (unpaired) electrons. The third kappa shape index (κ3) is 4.02. The highest BCUT2D eigenvalue weighted by Gasteiger charge is 2.12. The average Bonchev–Trinajstić information content (AvgIpc) is 3.06. The first kappa shape index (κ1) is 16.3. The zero-order valence-corrected chi connectivity index (χ0v) is 13.9. The molecule has 2 nitrogen and oxygen atoms in total. The zero-order chi connectivity index (χ0) is 16.9. The van der Waals surface area contributed by atoms with E-state index >= 15 is 0 Å². The number of benzene rings is 2. The average molecular weight is 356 g/mol. The van der Waals surface area contributed by atoms with Gasteiger partial charge in [-0.25, -0.2) is 4.39 Å². The third-order valence-electron chi connectivity index (χ3n) is 3.15. The molecule has 3 aromatic rings. The molecule has 1 aromatic heterocycles. The molecular weight excluding hydrogens is 345 g/mol. The number of carbonyl (C=O) groups is 1. The van der Waals surface area contributed by atoms with Crippen molar-refractivity contribution in [2.45, 2.75) is 0 Å². The molecule has 0 saturated heterocycles. The summed E-state index contributed by atoms with van der Waals surface area (Å²) in [5, 5.41) is 4.87. The molecule has 0 unspecified atom stereocenters. The van der Waals surface area contributed by atoms with E-state index in [1.807, 2.05) is 23.6 Å². The van der Waals surface area contributed by atoms with Gasteiger partial charge in [0, 0.05) is 16.3 Å². The number of nitrogens with one attached hydrogen (secondary N) is 1. The Morgan fingerprint density at radius 2 is 1.96 bits per heavy atom. The number of hydrogen-bond acceptors (Lipinski definition) is 2. The van der Waals surface area contributed by atoms with Crippen molar-refractivity contribution >= 4 is 34.5 Å². The molecule has 3 rings (SSSR count). The van der Waals surface area contributed by atoms with Gasteiger partial charge in [0.1, 0.15) is 5.82 Å². The highest BCUT2D eigenvalue weighted by atomic mass is 35.5. The van der Waals surface area contributed by atoms with E-state index in [4.69, 9.17) is 11.6 Å². The molecule has 24 heavy (non-hydrogen) atoms. The highest BCUT2D eigenvalue weighted by Crippen LogP contribution is 2.17. The van der Waals surface area contributed by atoms with Gasteiger partial charge in [-0.05, 0) is 47.8 Å². The Hall–Kier alpha value is -2.61. The second-order valence-corrected chi connectivity index (χ2v) is 6.27. The van der Waals surface area contributed by atoms with Crippen LogP contribution in [0.25, 0.3) is 0 Å². The fraction of sp³-hybridized carbons (Fsp3) is 0. The third-order valence-corrected chi connectivity index (χ3v) is 4.17. The molecule has 5 heteroatoms. The van der Waals surface area contributed by atoms with Crippen LogP contribution in [-0.2, 0) is 0 Å². The van der Waals surface area contributed by atoms with Crippen LogP contribution >= 0.6 is 22.9 Å². The van der Waals surface area contributed by atoms with E-state index in [9.17, 15) is 9.18 Å². The van der Waals surface area contributed by atoms with E-state index in [1.54, 1.807) is 29.5 Å². The molecule has 0 fully saturated rings. The summed E-state index contributed by atoms with van der Waals surface area (Å²) in [5.74, 6) is 4.89. The summed E-state index contributed by atoms with van der Waals surface area (Å²) in [6.45, 7) is 0. The molecule has 0 atom stereocenters. The lowest BCUT2D eigenvalue weighted by Gasteiger charge is -2.06. The Balaban J connectivity index is 1.78. The van der Waals surface area contributed by atoms with Gasteiger partial charge in [0.15, 0.2) is 0 Å². The summed E-state index contributed by atoms with van der Waals surface area (Å²) in [7, 11) is 0. The van der Waals surface area contributed by atoms with Gasteiger partial charge in [0.25, 0.3) is 5.91 Å². The largest absolute Gasteiger partial charge is 0.322 e. The molecule has 1 heterocycles. The maximum Gasteiger partial charge on any atom is 0.258 e. The first-order chi connectivity index (χ1) is 11.6. The van der Waals surface area contributed by atoms with E-state index < -0.39 is 11.7 Å². The normalized spacial score (nSPS) is 9.92. The molecule has 1 amide bonds. The van der Waals surface area contributed by atoms with Gasteiger partial charge in [0.2, 0.25) is 0 Å². The van der Waals surface area contributed by atoms with E-state index in [-0.39, 0.29) is 10.6 Å². The van der Waals surface area contributed by atoms with Crippen molar-refractivity contribution < 1.29 is 9.18 Å². The van der Waals surface area contributed by atoms with Crippen LogP contribution in [0.3, 0.4) is 0 Å². The SMILES string of the molecule is O=C(Nc1cccc(C#Cc2cccs2)c1)c1ccc(Cl)cc1F. The lowest BCUT2D eigenvalue weighted by molar-refractivity contribution is 0.102. The Morgan fingerprint density at radius 3 is 2.71 bits per heavy atom. The van der Waals surface area contributed by atoms with Crippen molar-refractivity contribution in [3.05, 3.63) is 86.8 Å². The Bertz CT molecular complexity index is 941. The predicted octanol–water partition coefficient (Wildman–Crippen LogP) is 5.19. The number of halogens is 2. The minimum atomic E-state index is -0.659. The molecule has 0 aliphatic carbocycles. The molecule has 1 N–H and O–H groups in total. The van der Waals surface area contributed by atoms with E-state index in [2.05, 4.69) is 17.2 Å². The van der Waals surface area contributed by atoms with Crippen molar-refractivity contribution in [1.29, 1.82) is 0 Å². The van der Waals surface area contributed by atoms with Crippen LogP contribution in [0.4, 0.5) is 10.1 Å². The molecule has 0 saturated carbocycles. The van der Waals surface area contributed by atoms with E-state index in [0.717, 1.165) is 16.5 Å². The van der Waals surface area contributed by atoms with Gasteiger partial charge >= 0.3 is 0 Å². The number of carbonyl (C=O) groups excluding carboxylic acids is 1. The Kier molecular flexibility index (Phi) is 4.95. The van der Waals surface area contributed by atoms with Crippen LogP contribution in [0.15, 0.2) is 60.0 Å². The summed E-state index contributed by atoms with van der Waals surface area (Å²) in [6.07, 6.45) is 0. The molecule has 0 bridgehead atoms. The maximum atomic E-state index is 13.8. The molecule has 2 aromatic carbocycles. The Morgan fingerprint density at radius 1 is 1.08 bits per heavy atom. The van der Waals surface area contributed by atoms with Gasteiger partial charge in [-0.1, -0.05) is 35.6 Å². The second kappa shape index (κ2) is 7.31. The number of anilines is 1. The zero-order valence-electron chi connectivity index (χ0n) is 12.3. The van der Waals surface area contributed by atoms with Crippen LogP contribution < -0.4 is 5.32 Å². The van der Waals surface area contributed by atoms with Crippen LogP contribution in [0, 0.1) is 17.7 Å². The monoisotopic (exact) mass is 355 g/mol. The van der Waals surface area contributed by atoms with Crippen molar-refractivity contribution in [2.24, 2.45) is 0 Å². The van der Waals surface area contributed by atoms with E-state index in [1.165, 1.54) is 12.1 Å². The van der Waals surface area contributed by atoms with Gasteiger partial charge < -0.3 is 5.32 Å². The minimum Gasteiger partial charge on any atom is -0.322 e. The lowest BCUT2D eigenvalue weighted by Crippen LogP contribution is -2.13. The topological polar surface area (TPSA) is 29.1 Å². The maximum absolute atomic E-state index is 13.8. The molecule has 0 spiro atoms. The van der Waals surface area contributed by atoms with Gasteiger partial charge in [-0.2, -0.15) is 0 Å². The van der Waals surface area contributed by atoms with Crippen molar-refractivity contribution in [1.82, 2.24) is 0 Å². The fourth-order valence-corrected chi connectivity index (χ4v) is 2.76. The fourth-order valence-electron chi connectivity index (χ4n) is 2.03. The predicted molar refractivity (Wildman–Crippen MR) is 96.1 cm³/mol. The summed E-state index contributed by atoms with van der Waals surface area (Å²) >= 11 is 7.25. The molecule has 118 valence electrons. The van der Waals surface area contributed by atoms with Gasteiger partial charge in [-0.15, -0.1) is 11.3 Å². The van der Waals surface area contributed by atoms with Crippen LogP contribution in [0.2, 0.25) is 5.02 Å². The minimum absolute atomic E-state index is 0.0607. The van der Waals surface area contributed by atoms with Crippen molar-refractivity contribution in [3.8, 4) is 11.8 Å². The van der Waals surface area contributed by atoms with Gasteiger partial charge in [0.05, 0.1) is 10.4 Å². The Labute approximate surface area is 147 Å². The quantitative estimate of drug-likeness (QED) is 0.629. The summed E-state index contributed by atoms with van der Waals surface area (Å²) < 4.78 is 13.8.